The quantitative estimate of drug-likeness (QED) is 0.899. The fourth-order valence-electron chi connectivity index (χ4n) is 2.95. The van der Waals surface area contributed by atoms with Gasteiger partial charge in [0.15, 0.2) is 0 Å². The van der Waals surface area contributed by atoms with E-state index in [1.165, 1.54) is 31.2 Å². The van der Waals surface area contributed by atoms with Gasteiger partial charge in [0.2, 0.25) is 0 Å². The summed E-state index contributed by atoms with van der Waals surface area (Å²) in [5, 5.41) is 3.10. The summed E-state index contributed by atoms with van der Waals surface area (Å²) in [6, 6.07) is 4.99. The number of anilines is 1. The van der Waals surface area contributed by atoms with E-state index in [1.807, 2.05) is 13.2 Å². The maximum Gasteiger partial charge on any atom is 0.125 e. The summed E-state index contributed by atoms with van der Waals surface area (Å²) in [6.45, 7) is 5.80. The molecule has 106 valence electrons. The highest BCUT2D eigenvalue weighted by molar-refractivity contribution is 5.36. The molecule has 1 aromatic heterocycles. The van der Waals surface area contributed by atoms with E-state index in [0.29, 0.717) is 5.41 Å². The first kappa shape index (κ1) is 14.3. The highest BCUT2D eigenvalue weighted by atomic mass is 15.1. The van der Waals surface area contributed by atoms with Gasteiger partial charge in [-0.05, 0) is 55.8 Å². The third-order valence-corrected chi connectivity index (χ3v) is 4.44. The monoisotopic (exact) mass is 261 g/mol. The zero-order valence-corrected chi connectivity index (χ0v) is 12.7. The number of aromatic nitrogens is 1. The van der Waals surface area contributed by atoms with Gasteiger partial charge in [-0.2, -0.15) is 0 Å². The van der Waals surface area contributed by atoms with Crippen LogP contribution >= 0.6 is 0 Å². The van der Waals surface area contributed by atoms with E-state index < -0.39 is 0 Å². The van der Waals surface area contributed by atoms with Gasteiger partial charge < -0.3 is 5.32 Å². The maximum absolute atomic E-state index is 4.27. The van der Waals surface area contributed by atoms with Gasteiger partial charge >= 0.3 is 0 Å². The van der Waals surface area contributed by atoms with Gasteiger partial charge in [0.1, 0.15) is 5.82 Å². The molecule has 0 atom stereocenters. The minimum atomic E-state index is 0.549. The third-order valence-electron chi connectivity index (χ3n) is 4.44. The zero-order valence-electron chi connectivity index (χ0n) is 12.7. The van der Waals surface area contributed by atoms with Crippen LogP contribution in [0.5, 0.6) is 0 Å². The topological polar surface area (TPSA) is 28.2 Å². The molecule has 2 rings (SSSR count). The first-order chi connectivity index (χ1) is 9.00. The Morgan fingerprint density at radius 1 is 1.37 bits per heavy atom. The van der Waals surface area contributed by atoms with Gasteiger partial charge in [-0.15, -0.1) is 0 Å². The van der Waals surface area contributed by atoms with Crippen LogP contribution in [0.15, 0.2) is 18.3 Å². The van der Waals surface area contributed by atoms with Gasteiger partial charge in [-0.1, -0.05) is 13.8 Å². The standard InChI is InChI=1S/C16H27N3/c1-16(2)8-5-14(6-9-16)19(4)12-13-7-10-18-15(11-13)17-3/h7,10-11,14H,5-6,8-9,12H2,1-4H3,(H,17,18). The molecule has 1 fully saturated rings. The average molecular weight is 261 g/mol. The second kappa shape index (κ2) is 5.91. The molecule has 0 aliphatic heterocycles. The summed E-state index contributed by atoms with van der Waals surface area (Å²) in [7, 11) is 4.17. The van der Waals surface area contributed by atoms with Crippen molar-refractivity contribution < 1.29 is 0 Å². The van der Waals surface area contributed by atoms with E-state index in [1.54, 1.807) is 0 Å². The molecule has 1 aromatic rings. The SMILES string of the molecule is CNc1cc(CN(C)C2CCC(C)(C)CC2)ccn1. The fourth-order valence-corrected chi connectivity index (χ4v) is 2.95. The lowest BCUT2D eigenvalue weighted by Gasteiger charge is -2.38. The number of hydrogen-bond acceptors (Lipinski definition) is 3. The number of hydrogen-bond donors (Lipinski definition) is 1. The van der Waals surface area contributed by atoms with Crippen LogP contribution in [0.1, 0.15) is 45.1 Å². The lowest BCUT2D eigenvalue weighted by molar-refractivity contribution is 0.123. The van der Waals surface area contributed by atoms with Gasteiger partial charge in [0, 0.05) is 25.8 Å². The smallest absolute Gasteiger partial charge is 0.125 e. The first-order valence-corrected chi connectivity index (χ1v) is 7.33. The Labute approximate surface area is 117 Å². The highest BCUT2D eigenvalue weighted by Gasteiger charge is 2.28. The van der Waals surface area contributed by atoms with Crippen molar-refractivity contribution in [3.63, 3.8) is 0 Å². The molecular weight excluding hydrogens is 234 g/mol. The second-order valence-corrected chi connectivity index (χ2v) is 6.61. The van der Waals surface area contributed by atoms with Crippen LogP contribution < -0.4 is 5.32 Å². The van der Waals surface area contributed by atoms with E-state index in [9.17, 15) is 0 Å². The summed E-state index contributed by atoms with van der Waals surface area (Å²) >= 11 is 0. The van der Waals surface area contributed by atoms with Crippen molar-refractivity contribution in [1.29, 1.82) is 0 Å². The summed E-state index contributed by atoms with van der Waals surface area (Å²) in [5.74, 6) is 0.954. The minimum absolute atomic E-state index is 0.549. The van der Waals surface area contributed by atoms with Crippen molar-refractivity contribution >= 4 is 5.82 Å². The molecule has 3 nitrogen and oxygen atoms in total. The Kier molecular flexibility index (Phi) is 4.46. The lowest BCUT2D eigenvalue weighted by atomic mass is 9.75. The third kappa shape index (κ3) is 3.93. The molecule has 1 saturated carbocycles. The second-order valence-electron chi connectivity index (χ2n) is 6.61. The van der Waals surface area contributed by atoms with Gasteiger partial charge in [0.25, 0.3) is 0 Å². The first-order valence-electron chi connectivity index (χ1n) is 7.33. The van der Waals surface area contributed by atoms with Crippen molar-refractivity contribution in [1.82, 2.24) is 9.88 Å². The predicted molar refractivity (Wildman–Crippen MR) is 81.3 cm³/mol. The Morgan fingerprint density at radius 2 is 2.05 bits per heavy atom. The van der Waals surface area contributed by atoms with Gasteiger partial charge in [-0.25, -0.2) is 4.98 Å². The van der Waals surface area contributed by atoms with Crippen molar-refractivity contribution in [3.8, 4) is 0 Å². The van der Waals surface area contributed by atoms with Crippen LogP contribution in [0.4, 0.5) is 5.82 Å². The summed E-state index contributed by atoms with van der Waals surface area (Å²) in [4.78, 5) is 6.77. The van der Waals surface area contributed by atoms with Crippen LogP contribution in [0.2, 0.25) is 0 Å². The lowest BCUT2D eigenvalue weighted by Crippen LogP contribution is -2.36. The normalized spacial score (nSPS) is 19.6. The number of rotatable bonds is 4. The highest BCUT2D eigenvalue weighted by Crippen LogP contribution is 2.36. The van der Waals surface area contributed by atoms with Crippen molar-refractivity contribution in [3.05, 3.63) is 23.9 Å². The van der Waals surface area contributed by atoms with Crippen molar-refractivity contribution in [2.24, 2.45) is 5.41 Å². The molecular formula is C16H27N3. The molecule has 0 unspecified atom stereocenters. The molecule has 0 amide bonds. The van der Waals surface area contributed by atoms with Gasteiger partial charge in [-0.3, -0.25) is 4.90 Å². The van der Waals surface area contributed by atoms with E-state index in [2.05, 4.69) is 48.2 Å². The Balaban J connectivity index is 1.92. The van der Waals surface area contributed by atoms with E-state index in [0.717, 1.165) is 18.4 Å². The maximum atomic E-state index is 4.27. The Bertz CT molecular complexity index is 404. The summed E-state index contributed by atoms with van der Waals surface area (Å²) < 4.78 is 0. The number of pyridine rings is 1. The molecule has 1 aliphatic carbocycles. The summed E-state index contributed by atoms with van der Waals surface area (Å²) in [6.07, 6.45) is 7.24. The van der Waals surface area contributed by atoms with Gasteiger partial charge in [0.05, 0.1) is 0 Å². The average Bonchev–Trinajstić information content (AvgIpc) is 2.38. The molecule has 0 aromatic carbocycles. The molecule has 0 bridgehead atoms. The number of nitrogens with one attached hydrogen (secondary N) is 1. The van der Waals surface area contributed by atoms with Crippen LogP contribution in [0, 0.1) is 5.41 Å². The van der Waals surface area contributed by atoms with Crippen LogP contribution in [-0.4, -0.2) is 30.0 Å². The van der Waals surface area contributed by atoms with E-state index in [4.69, 9.17) is 0 Å². The summed E-state index contributed by atoms with van der Waals surface area (Å²) in [5.41, 5.74) is 1.89. The zero-order chi connectivity index (χ0) is 13.9. The Hall–Kier alpha value is -1.09. The van der Waals surface area contributed by atoms with Crippen molar-refractivity contribution in [2.45, 2.75) is 52.1 Å². The molecule has 0 spiro atoms. The number of nitrogens with zero attached hydrogens (tertiary/aromatic N) is 2. The molecule has 19 heavy (non-hydrogen) atoms. The fraction of sp³-hybridized carbons (Fsp3) is 0.688. The van der Waals surface area contributed by atoms with Crippen LogP contribution in [-0.2, 0) is 6.54 Å². The van der Waals surface area contributed by atoms with Crippen molar-refractivity contribution in [2.75, 3.05) is 19.4 Å². The molecule has 1 aliphatic rings. The molecule has 0 saturated heterocycles. The van der Waals surface area contributed by atoms with Crippen LogP contribution in [0.25, 0.3) is 0 Å². The van der Waals surface area contributed by atoms with Crippen LogP contribution in [0.3, 0.4) is 0 Å². The largest absolute Gasteiger partial charge is 0.373 e. The molecule has 1 heterocycles. The van der Waals surface area contributed by atoms with E-state index >= 15 is 0 Å². The molecule has 0 radical (unpaired) electrons. The molecule has 1 N–H and O–H groups in total. The predicted octanol–water partition coefficient (Wildman–Crippen LogP) is 3.52. The van der Waals surface area contributed by atoms with E-state index in [-0.39, 0.29) is 0 Å². The Morgan fingerprint density at radius 3 is 2.68 bits per heavy atom. The minimum Gasteiger partial charge on any atom is -0.373 e. The molecule has 3 heteroatoms.